The molecule has 132 valence electrons. The van der Waals surface area contributed by atoms with Crippen LogP contribution in [0, 0.1) is 12.7 Å². The second kappa shape index (κ2) is 5.69. The molecule has 0 unspecified atom stereocenters. The van der Waals surface area contributed by atoms with Gasteiger partial charge in [0.15, 0.2) is 0 Å². The molecule has 3 N–H and O–H groups in total. The summed E-state index contributed by atoms with van der Waals surface area (Å²) >= 11 is 0. The van der Waals surface area contributed by atoms with Gasteiger partial charge in [-0.1, -0.05) is 0 Å². The van der Waals surface area contributed by atoms with E-state index >= 15 is 0 Å². The first-order valence-electron chi connectivity index (χ1n) is 8.35. The van der Waals surface area contributed by atoms with E-state index in [1.807, 2.05) is 6.92 Å². The average Bonchev–Trinajstić information content (AvgIpc) is 3.39. The summed E-state index contributed by atoms with van der Waals surface area (Å²) in [7, 11) is 0. The number of nitrogens with two attached hydrogens (primary N) is 1. The van der Waals surface area contributed by atoms with Gasteiger partial charge in [-0.15, -0.1) is 0 Å². The van der Waals surface area contributed by atoms with Crippen molar-refractivity contribution in [2.75, 3.05) is 5.73 Å². The topological polar surface area (TPSA) is 84.8 Å². The number of nitrogens with zero attached hydrogens (tertiary/aromatic N) is 1. The van der Waals surface area contributed by atoms with E-state index < -0.39 is 17.3 Å². The first kappa shape index (κ1) is 16.3. The molecular weight excluding hydrogens is 335 g/mol. The highest BCUT2D eigenvalue weighted by atomic mass is 19.1. The van der Waals surface area contributed by atoms with Crippen molar-refractivity contribution in [2.45, 2.75) is 25.7 Å². The van der Waals surface area contributed by atoms with Crippen molar-refractivity contribution in [3.05, 3.63) is 69.4 Å². The number of carboxylic acid groups (broad SMARTS) is 1. The first-order valence-corrected chi connectivity index (χ1v) is 8.35. The zero-order chi connectivity index (χ0) is 18.6. The summed E-state index contributed by atoms with van der Waals surface area (Å²) in [5, 5.41) is 9.35. The van der Waals surface area contributed by atoms with Crippen molar-refractivity contribution in [2.24, 2.45) is 0 Å². The molecule has 6 heteroatoms. The lowest BCUT2D eigenvalue weighted by atomic mass is 9.96. The number of hydrogen-bond donors (Lipinski definition) is 2. The zero-order valence-corrected chi connectivity index (χ0v) is 14.1. The van der Waals surface area contributed by atoms with Gasteiger partial charge in [0.05, 0.1) is 5.52 Å². The van der Waals surface area contributed by atoms with Crippen LogP contribution in [0.1, 0.15) is 40.2 Å². The normalized spacial score (nSPS) is 13.9. The summed E-state index contributed by atoms with van der Waals surface area (Å²) in [5.41, 5.74) is 9.03. The summed E-state index contributed by atoms with van der Waals surface area (Å²) in [4.78, 5) is 24.0. The third-order valence-corrected chi connectivity index (χ3v) is 4.89. The van der Waals surface area contributed by atoms with Crippen molar-refractivity contribution in [1.29, 1.82) is 0 Å². The van der Waals surface area contributed by atoms with Crippen LogP contribution in [-0.4, -0.2) is 15.5 Å². The molecule has 2 heterocycles. The molecule has 0 bridgehead atoms. The van der Waals surface area contributed by atoms with Gasteiger partial charge in [-0.3, -0.25) is 9.20 Å². The van der Waals surface area contributed by atoms with Gasteiger partial charge in [-0.05, 0) is 78.3 Å². The summed E-state index contributed by atoms with van der Waals surface area (Å²) < 4.78 is 15.2. The molecule has 0 spiro atoms. The van der Waals surface area contributed by atoms with Crippen molar-refractivity contribution in [3.8, 4) is 11.1 Å². The number of aryl methyl sites for hydroxylation is 1. The van der Waals surface area contributed by atoms with Crippen molar-refractivity contribution in [1.82, 2.24) is 4.40 Å². The minimum Gasteiger partial charge on any atom is -0.477 e. The Hall–Kier alpha value is -3.15. The number of carboxylic acids is 1. The van der Waals surface area contributed by atoms with E-state index in [4.69, 9.17) is 5.73 Å². The Labute approximate surface area is 148 Å². The van der Waals surface area contributed by atoms with E-state index in [2.05, 4.69) is 0 Å². The first-order chi connectivity index (χ1) is 12.4. The predicted octanol–water partition coefficient (Wildman–Crippen LogP) is 3.57. The largest absolute Gasteiger partial charge is 0.477 e. The van der Waals surface area contributed by atoms with Crippen LogP contribution in [0.15, 0.2) is 41.3 Å². The van der Waals surface area contributed by atoms with Crippen LogP contribution in [0.2, 0.25) is 0 Å². The Morgan fingerprint density at radius 1 is 1.27 bits per heavy atom. The molecular formula is C20H17FN2O3. The van der Waals surface area contributed by atoms with Gasteiger partial charge in [0.25, 0.3) is 5.56 Å². The van der Waals surface area contributed by atoms with Gasteiger partial charge >= 0.3 is 5.97 Å². The van der Waals surface area contributed by atoms with E-state index in [1.165, 1.54) is 22.6 Å². The maximum atomic E-state index is 13.8. The number of nitrogen functional groups attached to an aromatic ring is 1. The molecule has 0 atom stereocenters. The number of benzene rings is 1. The van der Waals surface area contributed by atoms with Gasteiger partial charge in [0, 0.05) is 11.9 Å². The molecule has 4 rings (SSSR count). The number of carbonyl (C=O) groups is 1. The minimum absolute atomic E-state index is 0.230. The Balaban J connectivity index is 2.06. The summed E-state index contributed by atoms with van der Waals surface area (Å²) in [5.74, 6) is -1.42. The van der Waals surface area contributed by atoms with Crippen LogP contribution in [0.25, 0.3) is 16.6 Å². The van der Waals surface area contributed by atoms with Gasteiger partial charge in [-0.25, -0.2) is 9.18 Å². The quantitative estimate of drug-likeness (QED) is 0.706. The zero-order valence-electron chi connectivity index (χ0n) is 14.1. The van der Waals surface area contributed by atoms with Gasteiger partial charge < -0.3 is 10.8 Å². The third-order valence-electron chi connectivity index (χ3n) is 4.89. The fraction of sp³-hybridized carbons (Fsp3) is 0.200. The van der Waals surface area contributed by atoms with E-state index in [0.717, 1.165) is 29.5 Å². The van der Waals surface area contributed by atoms with E-state index in [9.17, 15) is 19.1 Å². The van der Waals surface area contributed by atoms with E-state index in [1.54, 1.807) is 18.3 Å². The van der Waals surface area contributed by atoms with Crippen molar-refractivity contribution < 1.29 is 14.3 Å². The Morgan fingerprint density at radius 3 is 2.62 bits per heavy atom. The number of fused-ring (bicyclic) bond motifs is 1. The van der Waals surface area contributed by atoms with Gasteiger partial charge in [0.2, 0.25) is 0 Å². The van der Waals surface area contributed by atoms with Crippen LogP contribution < -0.4 is 11.3 Å². The molecule has 26 heavy (non-hydrogen) atoms. The van der Waals surface area contributed by atoms with Crippen LogP contribution in [-0.2, 0) is 0 Å². The molecule has 0 radical (unpaired) electrons. The van der Waals surface area contributed by atoms with Crippen LogP contribution in [0.5, 0.6) is 0 Å². The second-order valence-corrected chi connectivity index (χ2v) is 6.74. The molecule has 1 aliphatic rings. The number of halogens is 1. The van der Waals surface area contributed by atoms with Crippen molar-refractivity contribution >= 4 is 17.2 Å². The highest BCUT2D eigenvalue weighted by Crippen LogP contribution is 2.43. The minimum atomic E-state index is -1.23. The molecule has 1 aliphatic carbocycles. The average molecular weight is 352 g/mol. The Bertz CT molecular complexity index is 1110. The lowest BCUT2D eigenvalue weighted by Crippen LogP contribution is -2.23. The fourth-order valence-electron chi connectivity index (χ4n) is 3.54. The molecule has 1 saturated carbocycles. The van der Waals surface area contributed by atoms with Crippen LogP contribution in [0.3, 0.4) is 0 Å². The lowest BCUT2D eigenvalue weighted by Gasteiger charge is -2.15. The predicted molar refractivity (Wildman–Crippen MR) is 97.1 cm³/mol. The van der Waals surface area contributed by atoms with Crippen LogP contribution >= 0.6 is 0 Å². The standard InChI is InChI=1S/C20H17FN2O3/c1-10-15(12-6-13(21)8-14(22)7-12)4-5-23-18(10)16(11-2-3-11)9-17(19(23)24)20(25)26/h4-9,11H,2-3,22H2,1H3,(H,25,26). The Kier molecular flexibility index (Phi) is 3.57. The fourth-order valence-corrected chi connectivity index (χ4v) is 3.54. The number of aromatic nitrogens is 1. The third kappa shape index (κ3) is 2.54. The number of aromatic carboxylic acids is 1. The van der Waals surface area contributed by atoms with Gasteiger partial charge in [0.1, 0.15) is 11.4 Å². The molecule has 3 aromatic rings. The molecule has 0 amide bonds. The summed E-state index contributed by atoms with van der Waals surface area (Å²) in [6, 6.07) is 7.52. The SMILES string of the molecule is Cc1c(-c2cc(N)cc(F)c2)ccn2c(=O)c(C(=O)O)cc(C3CC3)c12. The maximum Gasteiger partial charge on any atom is 0.341 e. The Morgan fingerprint density at radius 2 is 2.00 bits per heavy atom. The molecule has 0 saturated heterocycles. The highest BCUT2D eigenvalue weighted by Gasteiger charge is 2.29. The highest BCUT2D eigenvalue weighted by molar-refractivity contribution is 5.89. The molecule has 1 aromatic carbocycles. The van der Waals surface area contributed by atoms with E-state index in [0.29, 0.717) is 16.8 Å². The molecule has 5 nitrogen and oxygen atoms in total. The monoisotopic (exact) mass is 352 g/mol. The summed E-state index contributed by atoms with van der Waals surface area (Å²) in [6.07, 6.45) is 3.48. The number of pyridine rings is 2. The number of hydrogen-bond acceptors (Lipinski definition) is 3. The second-order valence-electron chi connectivity index (χ2n) is 6.74. The lowest BCUT2D eigenvalue weighted by molar-refractivity contribution is 0.0694. The van der Waals surface area contributed by atoms with Crippen LogP contribution in [0.4, 0.5) is 10.1 Å². The summed E-state index contributed by atoms with van der Waals surface area (Å²) in [6.45, 7) is 1.86. The number of anilines is 1. The van der Waals surface area contributed by atoms with Crippen molar-refractivity contribution in [3.63, 3.8) is 0 Å². The number of rotatable bonds is 3. The maximum absolute atomic E-state index is 13.8. The molecule has 1 fully saturated rings. The molecule has 2 aromatic heterocycles. The smallest absolute Gasteiger partial charge is 0.341 e. The molecule has 0 aliphatic heterocycles. The van der Waals surface area contributed by atoms with E-state index in [-0.39, 0.29) is 11.5 Å². The van der Waals surface area contributed by atoms with Gasteiger partial charge in [-0.2, -0.15) is 0 Å².